The van der Waals surface area contributed by atoms with E-state index in [0.717, 1.165) is 30.6 Å². The molecule has 186 valence electrons. The average molecular weight is 484 g/mol. The molecule has 3 aromatic rings. The van der Waals surface area contributed by atoms with Gasteiger partial charge in [-0.2, -0.15) is 0 Å². The van der Waals surface area contributed by atoms with E-state index in [1.54, 1.807) is 6.20 Å². The van der Waals surface area contributed by atoms with Crippen LogP contribution < -0.4 is 4.90 Å². The number of aromatic nitrogens is 1. The summed E-state index contributed by atoms with van der Waals surface area (Å²) in [6.45, 7) is 0.322. The van der Waals surface area contributed by atoms with Gasteiger partial charge in [-0.15, -0.1) is 0 Å². The number of nitrogens with zero attached hydrogens (tertiary/aromatic N) is 3. The summed E-state index contributed by atoms with van der Waals surface area (Å²) in [7, 11) is 3.90. The van der Waals surface area contributed by atoms with Crippen molar-refractivity contribution in [1.82, 2.24) is 9.88 Å². The Morgan fingerprint density at radius 1 is 1.00 bits per heavy atom. The lowest BCUT2D eigenvalue weighted by Gasteiger charge is -2.51. The minimum Gasteiger partial charge on any atom is -0.448 e. The summed E-state index contributed by atoms with van der Waals surface area (Å²) in [4.78, 5) is 21.9. The van der Waals surface area contributed by atoms with E-state index in [2.05, 4.69) is 53.5 Å². The molecule has 1 aromatic heterocycles. The quantitative estimate of drug-likeness (QED) is 0.545. The molecule has 2 aromatic carbocycles. The number of hydrogen-bond donors (Lipinski definition) is 1. The second-order valence-electron chi connectivity index (χ2n) is 10.7. The summed E-state index contributed by atoms with van der Waals surface area (Å²) in [5.41, 5.74) is 4.73. The van der Waals surface area contributed by atoms with Crippen LogP contribution in [0.2, 0.25) is 0 Å². The Labute approximate surface area is 212 Å². The van der Waals surface area contributed by atoms with Crippen molar-refractivity contribution in [2.24, 2.45) is 0 Å². The number of carbonyl (C=O) groups excluding carboxylic acids is 1. The van der Waals surface area contributed by atoms with Gasteiger partial charge in [-0.3, -0.25) is 0 Å². The molecule has 6 heteroatoms. The molecule has 1 aliphatic carbocycles. The number of ether oxygens (including phenoxy) is 1. The number of pyridine rings is 1. The van der Waals surface area contributed by atoms with Gasteiger partial charge in [-0.25, -0.2) is 9.78 Å². The van der Waals surface area contributed by atoms with Crippen molar-refractivity contribution >= 4 is 11.9 Å². The summed E-state index contributed by atoms with van der Waals surface area (Å²) in [5.74, 6) is 0.905. The second kappa shape index (κ2) is 8.93. The van der Waals surface area contributed by atoms with Crippen molar-refractivity contribution in [1.29, 1.82) is 0 Å². The summed E-state index contributed by atoms with van der Waals surface area (Å²) >= 11 is 0. The number of piperidine rings is 2. The number of hydrogen-bond acceptors (Lipinski definition) is 5. The van der Waals surface area contributed by atoms with Crippen LogP contribution in [0.1, 0.15) is 54.7 Å². The van der Waals surface area contributed by atoms with Gasteiger partial charge < -0.3 is 19.6 Å². The van der Waals surface area contributed by atoms with E-state index < -0.39 is 5.60 Å². The number of fused-ring (bicyclic) bond motifs is 5. The molecular weight excluding hydrogens is 450 g/mol. The van der Waals surface area contributed by atoms with Crippen LogP contribution in [0.3, 0.4) is 0 Å². The first kappa shape index (κ1) is 23.0. The standard InChI is InChI=1S/C30H33N3O3/c1-32(2)28-15-14-20(18-31-28)30(35)16-21-8-7-9-22(17-30)33(21)29(34)36-19-27-25-12-5-3-10-23(25)24-11-4-6-13-26(24)27/h3-6,10-15,18,21-22,27,35H,7-9,16-17,19H2,1-2H3. The third-order valence-corrected chi connectivity index (χ3v) is 8.30. The molecule has 2 unspecified atom stereocenters. The van der Waals surface area contributed by atoms with Crippen LogP contribution >= 0.6 is 0 Å². The van der Waals surface area contributed by atoms with Gasteiger partial charge in [0.25, 0.3) is 0 Å². The lowest BCUT2D eigenvalue weighted by atomic mass is 9.73. The van der Waals surface area contributed by atoms with Crippen molar-refractivity contribution in [3.8, 4) is 11.1 Å². The smallest absolute Gasteiger partial charge is 0.410 e. The van der Waals surface area contributed by atoms with Gasteiger partial charge in [0.05, 0.1) is 5.60 Å². The van der Waals surface area contributed by atoms with Gasteiger partial charge in [-0.05, 0) is 47.6 Å². The van der Waals surface area contributed by atoms with Crippen LogP contribution in [0, 0.1) is 0 Å². The Bertz CT molecular complexity index is 1210. The fraction of sp³-hybridized carbons (Fsp3) is 0.400. The minimum atomic E-state index is -0.978. The molecule has 3 heterocycles. The van der Waals surface area contributed by atoms with Gasteiger partial charge in [0, 0.05) is 56.7 Å². The lowest BCUT2D eigenvalue weighted by molar-refractivity contribution is -0.0892. The maximum absolute atomic E-state index is 13.5. The Hall–Kier alpha value is -3.38. The fourth-order valence-corrected chi connectivity index (χ4v) is 6.56. The molecule has 2 aliphatic heterocycles. The molecule has 36 heavy (non-hydrogen) atoms. The second-order valence-corrected chi connectivity index (χ2v) is 10.7. The fourth-order valence-electron chi connectivity index (χ4n) is 6.56. The first-order chi connectivity index (χ1) is 17.4. The van der Waals surface area contributed by atoms with Crippen LogP contribution in [0.15, 0.2) is 66.9 Å². The van der Waals surface area contributed by atoms with Crippen LogP contribution in [0.4, 0.5) is 10.6 Å². The van der Waals surface area contributed by atoms with Gasteiger partial charge in [0.15, 0.2) is 0 Å². The highest BCUT2D eigenvalue weighted by Crippen LogP contribution is 2.46. The SMILES string of the molecule is CN(C)c1ccc(C2(O)CC3CCCC(C2)N3C(=O)OCC2c3ccccc3-c3ccccc32)cn1. The summed E-state index contributed by atoms with van der Waals surface area (Å²) in [6, 6.07) is 20.6. The highest BCUT2D eigenvalue weighted by atomic mass is 16.6. The zero-order chi connectivity index (χ0) is 24.9. The van der Waals surface area contributed by atoms with Crippen LogP contribution in [0.5, 0.6) is 0 Å². The molecule has 2 bridgehead atoms. The van der Waals surface area contributed by atoms with E-state index in [0.29, 0.717) is 19.4 Å². The van der Waals surface area contributed by atoms with Crippen LogP contribution in [-0.2, 0) is 10.3 Å². The summed E-state index contributed by atoms with van der Waals surface area (Å²) < 4.78 is 6.02. The van der Waals surface area contributed by atoms with E-state index in [1.165, 1.54) is 22.3 Å². The van der Waals surface area contributed by atoms with E-state index in [4.69, 9.17) is 4.74 Å². The Kier molecular flexibility index (Phi) is 5.72. The van der Waals surface area contributed by atoms with E-state index in [-0.39, 0.29) is 24.1 Å². The third kappa shape index (κ3) is 3.84. The molecule has 6 rings (SSSR count). The molecule has 2 saturated heterocycles. The normalized spacial score (nSPS) is 24.7. The van der Waals surface area contributed by atoms with Gasteiger partial charge in [-0.1, -0.05) is 54.6 Å². The predicted molar refractivity (Wildman–Crippen MR) is 140 cm³/mol. The monoisotopic (exact) mass is 483 g/mol. The molecule has 0 saturated carbocycles. The molecule has 3 aliphatic rings. The largest absolute Gasteiger partial charge is 0.448 e. The molecule has 2 fully saturated rings. The molecule has 2 atom stereocenters. The van der Waals surface area contributed by atoms with Crippen molar-refractivity contribution in [3.05, 3.63) is 83.6 Å². The number of benzene rings is 2. The molecule has 1 amide bonds. The summed E-state index contributed by atoms with van der Waals surface area (Å²) in [6.07, 6.45) is 5.38. The third-order valence-electron chi connectivity index (χ3n) is 8.30. The average Bonchev–Trinajstić information content (AvgIpc) is 3.20. The first-order valence-electron chi connectivity index (χ1n) is 12.9. The molecule has 0 radical (unpaired) electrons. The van der Waals surface area contributed by atoms with E-state index in [9.17, 15) is 9.90 Å². The summed E-state index contributed by atoms with van der Waals surface area (Å²) in [5, 5.41) is 11.7. The van der Waals surface area contributed by atoms with Gasteiger partial charge in [0.1, 0.15) is 12.4 Å². The van der Waals surface area contributed by atoms with Gasteiger partial charge >= 0.3 is 6.09 Å². The minimum absolute atomic E-state index is 0.0355. The number of anilines is 1. The Morgan fingerprint density at radius 2 is 1.61 bits per heavy atom. The van der Waals surface area contributed by atoms with Crippen molar-refractivity contribution in [3.63, 3.8) is 0 Å². The maximum atomic E-state index is 13.5. The highest BCUT2D eigenvalue weighted by Gasteiger charge is 2.49. The molecule has 0 spiro atoms. The number of aliphatic hydroxyl groups is 1. The molecular formula is C30H33N3O3. The number of amides is 1. The number of carbonyl (C=O) groups is 1. The van der Waals surface area contributed by atoms with E-state index in [1.807, 2.05) is 36.0 Å². The Balaban J connectivity index is 1.19. The number of rotatable bonds is 4. The van der Waals surface area contributed by atoms with Gasteiger partial charge in [0.2, 0.25) is 0 Å². The topological polar surface area (TPSA) is 65.9 Å². The van der Waals surface area contributed by atoms with Crippen molar-refractivity contribution in [2.45, 2.75) is 55.7 Å². The zero-order valence-electron chi connectivity index (χ0n) is 20.9. The lowest BCUT2D eigenvalue weighted by Crippen LogP contribution is -2.59. The zero-order valence-corrected chi connectivity index (χ0v) is 20.9. The first-order valence-corrected chi connectivity index (χ1v) is 12.9. The van der Waals surface area contributed by atoms with E-state index >= 15 is 0 Å². The van der Waals surface area contributed by atoms with Crippen molar-refractivity contribution < 1.29 is 14.6 Å². The highest BCUT2D eigenvalue weighted by molar-refractivity contribution is 5.79. The predicted octanol–water partition coefficient (Wildman–Crippen LogP) is 5.30. The van der Waals surface area contributed by atoms with Crippen molar-refractivity contribution in [2.75, 3.05) is 25.6 Å². The Morgan fingerprint density at radius 3 is 2.17 bits per heavy atom. The molecule has 6 nitrogen and oxygen atoms in total. The molecule has 1 N–H and O–H groups in total. The van der Waals surface area contributed by atoms with Crippen LogP contribution in [-0.4, -0.2) is 53.9 Å². The maximum Gasteiger partial charge on any atom is 0.410 e. The van der Waals surface area contributed by atoms with Crippen LogP contribution in [0.25, 0.3) is 11.1 Å².